The summed E-state index contributed by atoms with van der Waals surface area (Å²) >= 11 is 5.39. The minimum atomic E-state index is 0.745. The first-order valence-electron chi connectivity index (χ1n) is 6.84. The van der Waals surface area contributed by atoms with Crippen LogP contribution in [0.25, 0.3) is 10.1 Å². The van der Waals surface area contributed by atoms with Crippen molar-refractivity contribution in [3.05, 3.63) is 22.1 Å². The van der Waals surface area contributed by atoms with E-state index in [0.717, 1.165) is 19.1 Å². The highest BCUT2D eigenvalue weighted by molar-refractivity contribution is 9.11. The second kappa shape index (κ2) is 4.72. The van der Waals surface area contributed by atoms with Crippen LogP contribution in [0.2, 0.25) is 0 Å². The predicted molar refractivity (Wildman–Crippen MR) is 84.1 cm³/mol. The van der Waals surface area contributed by atoms with Gasteiger partial charge < -0.3 is 4.90 Å². The van der Waals surface area contributed by atoms with Gasteiger partial charge in [0.05, 0.1) is 8.49 Å². The molecule has 0 amide bonds. The van der Waals surface area contributed by atoms with Gasteiger partial charge in [-0.15, -0.1) is 11.3 Å². The van der Waals surface area contributed by atoms with Gasteiger partial charge in [0.1, 0.15) is 5.82 Å². The third-order valence-corrected chi connectivity index (χ3v) is 5.92. The molecule has 2 aromatic rings. The zero-order valence-electron chi connectivity index (χ0n) is 10.7. The molecule has 1 unspecified atom stereocenters. The van der Waals surface area contributed by atoms with E-state index < -0.39 is 0 Å². The molecule has 4 heterocycles. The van der Waals surface area contributed by atoms with E-state index in [9.17, 15) is 0 Å². The number of rotatable bonds is 1. The number of hydrogen-bond acceptors (Lipinski definition) is 4. The molecule has 0 spiro atoms. The Kier molecular flexibility index (Phi) is 3.01. The lowest BCUT2D eigenvalue weighted by Gasteiger charge is -2.38. The van der Waals surface area contributed by atoms with Crippen molar-refractivity contribution >= 4 is 43.2 Å². The molecule has 2 aliphatic heterocycles. The van der Waals surface area contributed by atoms with Crippen molar-refractivity contribution in [2.45, 2.75) is 18.9 Å². The Morgan fingerprint density at radius 2 is 2.26 bits per heavy atom. The molecule has 1 atom stereocenters. The molecule has 0 saturated carbocycles. The highest BCUT2D eigenvalue weighted by atomic mass is 79.9. The number of piperazine rings is 1. The van der Waals surface area contributed by atoms with Gasteiger partial charge in [-0.3, -0.25) is 4.90 Å². The van der Waals surface area contributed by atoms with E-state index in [2.05, 4.69) is 42.8 Å². The van der Waals surface area contributed by atoms with Gasteiger partial charge in [0.2, 0.25) is 0 Å². The first-order chi connectivity index (χ1) is 9.31. The predicted octanol–water partition coefficient (Wildman–Crippen LogP) is 3.34. The van der Waals surface area contributed by atoms with Crippen LogP contribution in [0, 0.1) is 0 Å². The van der Waals surface area contributed by atoms with Crippen molar-refractivity contribution in [2.24, 2.45) is 0 Å². The van der Waals surface area contributed by atoms with E-state index in [4.69, 9.17) is 0 Å². The van der Waals surface area contributed by atoms with Gasteiger partial charge in [-0.25, -0.2) is 4.98 Å². The second-order valence-electron chi connectivity index (χ2n) is 5.38. The summed E-state index contributed by atoms with van der Waals surface area (Å²) in [5, 5.41) is 1.30. The smallest absolute Gasteiger partial charge is 0.146 e. The molecule has 100 valence electrons. The lowest BCUT2D eigenvalue weighted by Crippen LogP contribution is -2.50. The molecular formula is C14H16BrN3S. The molecule has 2 fully saturated rings. The molecule has 0 bridgehead atoms. The maximum atomic E-state index is 4.66. The fourth-order valence-electron chi connectivity index (χ4n) is 3.33. The van der Waals surface area contributed by atoms with E-state index >= 15 is 0 Å². The average Bonchev–Trinajstić information content (AvgIpc) is 3.01. The van der Waals surface area contributed by atoms with Crippen molar-refractivity contribution in [3.8, 4) is 0 Å². The summed E-state index contributed by atoms with van der Waals surface area (Å²) in [4.78, 5) is 9.78. The van der Waals surface area contributed by atoms with Crippen LogP contribution in [0.5, 0.6) is 0 Å². The van der Waals surface area contributed by atoms with E-state index in [1.807, 2.05) is 6.20 Å². The number of halogens is 1. The van der Waals surface area contributed by atoms with E-state index in [1.54, 1.807) is 11.3 Å². The summed E-state index contributed by atoms with van der Waals surface area (Å²) in [6.45, 7) is 4.73. The molecule has 0 aromatic carbocycles. The third-order valence-electron chi connectivity index (χ3n) is 4.27. The van der Waals surface area contributed by atoms with Crippen LogP contribution in [0.4, 0.5) is 5.82 Å². The van der Waals surface area contributed by atoms with Crippen molar-refractivity contribution in [2.75, 3.05) is 31.1 Å². The Morgan fingerprint density at radius 1 is 1.32 bits per heavy atom. The molecule has 5 heteroatoms. The molecule has 3 nitrogen and oxygen atoms in total. The Balaban J connectivity index is 1.70. The van der Waals surface area contributed by atoms with Crippen molar-refractivity contribution < 1.29 is 0 Å². The Hall–Kier alpha value is -0.650. The number of aromatic nitrogens is 1. The van der Waals surface area contributed by atoms with E-state index in [-0.39, 0.29) is 0 Å². The average molecular weight is 338 g/mol. The van der Waals surface area contributed by atoms with Crippen LogP contribution in [0.15, 0.2) is 22.1 Å². The Bertz CT molecular complexity index is 612. The molecule has 0 N–H and O–H groups in total. The Labute approximate surface area is 125 Å². The molecule has 2 aliphatic rings. The summed E-state index contributed by atoms with van der Waals surface area (Å²) < 4.78 is 2.51. The molecular weight excluding hydrogens is 322 g/mol. The quantitative estimate of drug-likeness (QED) is 0.795. The summed E-state index contributed by atoms with van der Waals surface area (Å²) in [5.74, 6) is 1.18. The van der Waals surface area contributed by atoms with Gasteiger partial charge in [-0.1, -0.05) is 0 Å². The summed E-state index contributed by atoms with van der Waals surface area (Å²) in [7, 11) is 0. The number of thiophene rings is 1. The number of anilines is 1. The molecule has 2 aromatic heterocycles. The van der Waals surface area contributed by atoms with Gasteiger partial charge in [0.25, 0.3) is 0 Å². The highest BCUT2D eigenvalue weighted by Crippen LogP contribution is 2.36. The van der Waals surface area contributed by atoms with Crippen molar-refractivity contribution in [1.82, 2.24) is 9.88 Å². The normalized spacial score (nSPS) is 24.1. The number of nitrogens with zero attached hydrogens (tertiary/aromatic N) is 3. The highest BCUT2D eigenvalue weighted by Gasteiger charge is 2.31. The van der Waals surface area contributed by atoms with Crippen LogP contribution in [-0.4, -0.2) is 42.1 Å². The zero-order chi connectivity index (χ0) is 12.8. The fourth-order valence-corrected chi connectivity index (χ4v) is 4.96. The van der Waals surface area contributed by atoms with Crippen molar-refractivity contribution in [3.63, 3.8) is 0 Å². The van der Waals surface area contributed by atoms with Crippen LogP contribution >= 0.6 is 27.3 Å². The summed E-state index contributed by atoms with van der Waals surface area (Å²) in [5.41, 5.74) is 0. The minimum absolute atomic E-state index is 0.745. The van der Waals surface area contributed by atoms with E-state index in [1.165, 1.54) is 45.6 Å². The first-order valence-corrected chi connectivity index (χ1v) is 8.45. The fraction of sp³-hybridized carbons (Fsp3) is 0.500. The van der Waals surface area contributed by atoms with Gasteiger partial charge in [0.15, 0.2) is 0 Å². The number of hydrogen-bond donors (Lipinski definition) is 0. The standard InChI is InChI=1S/C14H16BrN3S/c15-12-8-10-3-4-16-14(13(10)19-12)18-7-6-17-5-1-2-11(17)9-18/h3-4,8,11H,1-2,5-7,9H2. The van der Waals surface area contributed by atoms with Crippen LogP contribution in [0.1, 0.15) is 12.8 Å². The lowest BCUT2D eigenvalue weighted by molar-refractivity contribution is 0.230. The minimum Gasteiger partial charge on any atom is -0.353 e. The van der Waals surface area contributed by atoms with Gasteiger partial charge >= 0.3 is 0 Å². The first kappa shape index (κ1) is 12.1. The SMILES string of the molecule is Brc1cc2ccnc(N3CCN4CCCC4C3)c2s1. The lowest BCUT2D eigenvalue weighted by atomic mass is 10.1. The van der Waals surface area contributed by atoms with Gasteiger partial charge in [-0.05, 0) is 52.8 Å². The topological polar surface area (TPSA) is 19.4 Å². The van der Waals surface area contributed by atoms with E-state index in [0.29, 0.717) is 0 Å². The van der Waals surface area contributed by atoms with Gasteiger partial charge in [-0.2, -0.15) is 0 Å². The molecule has 2 saturated heterocycles. The second-order valence-corrected chi connectivity index (χ2v) is 7.81. The summed E-state index contributed by atoms with van der Waals surface area (Å²) in [6.07, 6.45) is 4.65. The van der Waals surface area contributed by atoms with Crippen LogP contribution in [-0.2, 0) is 0 Å². The van der Waals surface area contributed by atoms with Crippen molar-refractivity contribution in [1.29, 1.82) is 0 Å². The molecule has 0 aliphatic carbocycles. The maximum absolute atomic E-state index is 4.66. The monoisotopic (exact) mass is 337 g/mol. The largest absolute Gasteiger partial charge is 0.353 e. The zero-order valence-corrected chi connectivity index (χ0v) is 13.1. The van der Waals surface area contributed by atoms with Gasteiger partial charge in [0, 0.05) is 31.9 Å². The number of pyridine rings is 1. The van der Waals surface area contributed by atoms with Crippen LogP contribution < -0.4 is 4.90 Å². The molecule has 4 rings (SSSR count). The third kappa shape index (κ3) is 2.08. The maximum Gasteiger partial charge on any atom is 0.146 e. The molecule has 0 radical (unpaired) electrons. The molecule has 19 heavy (non-hydrogen) atoms. The van der Waals surface area contributed by atoms with Crippen LogP contribution in [0.3, 0.4) is 0 Å². The Morgan fingerprint density at radius 3 is 3.21 bits per heavy atom. The summed E-state index contributed by atoms with van der Waals surface area (Å²) in [6, 6.07) is 5.04. The number of fused-ring (bicyclic) bond motifs is 2.